The number of thioether (sulfide) groups is 1. The molecule has 134 valence electrons. The molecule has 1 aliphatic rings. The van der Waals surface area contributed by atoms with Gasteiger partial charge in [-0.1, -0.05) is 49.0 Å². The normalized spacial score (nSPS) is 17.0. The number of rotatable bonds is 6. The van der Waals surface area contributed by atoms with Crippen molar-refractivity contribution in [3.8, 4) is 0 Å². The van der Waals surface area contributed by atoms with Gasteiger partial charge >= 0.3 is 6.03 Å². The third-order valence-electron chi connectivity index (χ3n) is 4.42. The summed E-state index contributed by atoms with van der Waals surface area (Å²) in [6.07, 6.45) is 2.88. The van der Waals surface area contributed by atoms with Crippen LogP contribution in [0.5, 0.6) is 0 Å². The van der Waals surface area contributed by atoms with Gasteiger partial charge in [0.1, 0.15) is 0 Å². The molecule has 0 spiro atoms. The molecule has 0 unspecified atom stereocenters. The number of urea groups is 1. The van der Waals surface area contributed by atoms with Crippen molar-refractivity contribution in [1.29, 1.82) is 0 Å². The average molecular weight is 359 g/mol. The van der Waals surface area contributed by atoms with E-state index in [1.165, 1.54) is 5.56 Å². The SMILES string of the molecule is CCCNC(=O)N1CCC[C@H]1c1nnc(SCc2ccccc2)n1C. The average Bonchev–Trinajstić information content (AvgIpc) is 3.25. The molecule has 0 bridgehead atoms. The molecule has 25 heavy (non-hydrogen) atoms. The molecule has 0 radical (unpaired) electrons. The van der Waals surface area contributed by atoms with Crippen molar-refractivity contribution in [2.45, 2.75) is 43.1 Å². The number of hydrogen-bond donors (Lipinski definition) is 1. The topological polar surface area (TPSA) is 63.1 Å². The Balaban J connectivity index is 1.68. The fourth-order valence-corrected chi connectivity index (χ4v) is 3.95. The first-order chi connectivity index (χ1) is 12.2. The summed E-state index contributed by atoms with van der Waals surface area (Å²) < 4.78 is 2.03. The molecule has 1 aromatic heterocycles. The minimum absolute atomic E-state index is 0.00541. The molecule has 1 aliphatic heterocycles. The fourth-order valence-electron chi connectivity index (χ4n) is 3.08. The van der Waals surface area contributed by atoms with E-state index in [-0.39, 0.29) is 12.1 Å². The first-order valence-electron chi connectivity index (χ1n) is 8.81. The van der Waals surface area contributed by atoms with Crippen LogP contribution in [0.15, 0.2) is 35.5 Å². The van der Waals surface area contributed by atoms with Gasteiger partial charge < -0.3 is 14.8 Å². The van der Waals surface area contributed by atoms with Crippen LogP contribution in [0.25, 0.3) is 0 Å². The third kappa shape index (κ3) is 4.15. The minimum atomic E-state index is 0.00541. The van der Waals surface area contributed by atoms with Crippen molar-refractivity contribution < 1.29 is 4.79 Å². The van der Waals surface area contributed by atoms with E-state index in [4.69, 9.17) is 0 Å². The molecule has 1 aromatic carbocycles. The lowest BCUT2D eigenvalue weighted by Gasteiger charge is -2.24. The number of carbonyl (C=O) groups is 1. The number of carbonyl (C=O) groups excluding carboxylic acids is 1. The highest BCUT2D eigenvalue weighted by atomic mass is 32.2. The lowest BCUT2D eigenvalue weighted by Crippen LogP contribution is -2.40. The number of hydrogen-bond acceptors (Lipinski definition) is 4. The smallest absolute Gasteiger partial charge is 0.318 e. The van der Waals surface area contributed by atoms with Crippen LogP contribution in [0.3, 0.4) is 0 Å². The molecular weight excluding hydrogens is 334 g/mol. The standard InChI is InChI=1S/C18H25N5OS/c1-3-11-19-17(24)23-12-7-10-15(23)16-20-21-18(22(16)2)25-13-14-8-5-4-6-9-14/h4-6,8-9,15H,3,7,10-13H2,1-2H3,(H,19,24)/t15-/m0/s1. The van der Waals surface area contributed by atoms with Crippen molar-refractivity contribution in [1.82, 2.24) is 25.0 Å². The summed E-state index contributed by atoms with van der Waals surface area (Å²) >= 11 is 1.67. The van der Waals surface area contributed by atoms with Crippen LogP contribution in [0.4, 0.5) is 4.79 Å². The predicted molar refractivity (Wildman–Crippen MR) is 99.4 cm³/mol. The van der Waals surface area contributed by atoms with Crippen molar-refractivity contribution in [3.63, 3.8) is 0 Å². The lowest BCUT2D eigenvalue weighted by molar-refractivity contribution is 0.190. The summed E-state index contributed by atoms with van der Waals surface area (Å²) in [6, 6.07) is 10.4. The molecule has 1 saturated heterocycles. The summed E-state index contributed by atoms with van der Waals surface area (Å²) in [5, 5.41) is 12.6. The first kappa shape index (κ1) is 17.8. The molecule has 0 aliphatic carbocycles. The van der Waals surface area contributed by atoms with Crippen LogP contribution >= 0.6 is 11.8 Å². The van der Waals surface area contributed by atoms with Gasteiger partial charge in [-0.05, 0) is 24.8 Å². The maximum Gasteiger partial charge on any atom is 0.318 e. The van der Waals surface area contributed by atoms with E-state index in [0.717, 1.165) is 42.5 Å². The van der Waals surface area contributed by atoms with Gasteiger partial charge in [0.25, 0.3) is 0 Å². The monoisotopic (exact) mass is 359 g/mol. The van der Waals surface area contributed by atoms with Gasteiger partial charge in [-0.15, -0.1) is 10.2 Å². The van der Waals surface area contributed by atoms with Gasteiger partial charge in [-0.3, -0.25) is 0 Å². The quantitative estimate of drug-likeness (QED) is 0.803. The van der Waals surface area contributed by atoms with Gasteiger partial charge in [0.15, 0.2) is 11.0 Å². The zero-order valence-corrected chi connectivity index (χ0v) is 15.6. The number of likely N-dealkylation sites (tertiary alicyclic amines) is 1. The van der Waals surface area contributed by atoms with E-state index >= 15 is 0 Å². The van der Waals surface area contributed by atoms with Gasteiger partial charge in [0.05, 0.1) is 6.04 Å². The minimum Gasteiger partial charge on any atom is -0.338 e. The Labute approximate surface area is 153 Å². The molecule has 2 amide bonds. The Morgan fingerprint density at radius 3 is 2.88 bits per heavy atom. The van der Waals surface area contributed by atoms with Crippen LogP contribution in [0.2, 0.25) is 0 Å². The molecule has 2 heterocycles. The van der Waals surface area contributed by atoms with Crippen molar-refractivity contribution >= 4 is 17.8 Å². The zero-order valence-electron chi connectivity index (χ0n) is 14.8. The Kier molecular flexibility index (Phi) is 5.96. The van der Waals surface area contributed by atoms with Crippen LogP contribution in [-0.4, -0.2) is 38.8 Å². The van der Waals surface area contributed by atoms with E-state index in [0.29, 0.717) is 6.54 Å². The third-order valence-corrected chi connectivity index (χ3v) is 5.51. The predicted octanol–water partition coefficient (Wildman–Crippen LogP) is 3.36. The van der Waals surface area contributed by atoms with Crippen molar-refractivity contribution in [2.75, 3.05) is 13.1 Å². The number of amides is 2. The second kappa shape index (κ2) is 8.38. The lowest BCUT2D eigenvalue weighted by atomic mass is 10.2. The van der Waals surface area contributed by atoms with E-state index in [9.17, 15) is 4.79 Å². The van der Waals surface area contributed by atoms with Crippen molar-refractivity contribution in [3.05, 3.63) is 41.7 Å². The van der Waals surface area contributed by atoms with Gasteiger partial charge in [-0.25, -0.2) is 4.79 Å². The Hall–Kier alpha value is -2.02. The zero-order chi connectivity index (χ0) is 17.6. The Bertz CT molecular complexity index is 703. The van der Waals surface area contributed by atoms with Crippen LogP contribution in [-0.2, 0) is 12.8 Å². The maximum absolute atomic E-state index is 12.4. The van der Waals surface area contributed by atoms with Gasteiger partial charge in [0, 0.05) is 25.9 Å². The van der Waals surface area contributed by atoms with Crippen LogP contribution in [0, 0.1) is 0 Å². The molecule has 1 N–H and O–H groups in total. The number of nitrogens with zero attached hydrogens (tertiary/aromatic N) is 4. The van der Waals surface area contributed by atoms with Crippen LogP contribution < -0.4 is 5.32 Å². The number of nitrogens with one attached hydrogen (secondary N) is 1. The summed E-state index contributed by atoms with van der Waals surface area (Å²) in [5.74, 6) is 1.73. The molecule has 1 atom stereocenters. The highest BCUT2D eigenvalue weighted by Gasteiger charge is 2.33. The number of benzene rings is 1. The molecule has 6 nitrogen and oxygen atoms in total. The van der Waals surface area contributed by atoms with E-state index in [1.807, 2.05) is 34.7 Å². The maximum atomic E-state index is 12.4. The summed E-state index contributed by atoms with van der Waals surface area (Å²) in [5.41, 5.74) is 1.26. The van der Waals surface area contributed by atoms with Gasteiger partial charge in [-0.2, -0.15) is 0 Å². The second-order valence-corrected chi connectivity index (χ2v) is 7.20. The van der Waals surface area contributed by atoms with Gasteiger partial charge in [0.2, 0.25) is 0 Å². The largest absolute Gasteiger partial charge is 0.338 e. The van der Waals surface area contributed by atoms with Crippen LogP contribution in [0.1, 0.15) is 43.6 Å². The fraction of sp³-hybridized carbons (Fsp3) is 0.500. The molecular formula is C18H25N5OS. The molecule has 2 aromatic rings. The molecule has 1 fully saturated rings. The first-order valence-corrected chi connectivity index (χ1v) is 9.79. The highest BCUT2D eigenvalue weighted by molar-refractivity contribution is 7.98. The molecule has 3 rings (SSSR count). The molecule has 7 heteroatoms. The van der Waals surface area contributed by atoms with E-state index in [2.05, 4.69) is 34.6 Å². The summed E-state index contributed by atoms with van der Waals surface area (Å²) in [6.45, 7) is 3.54. The highest BCUT2D eigenvalue weighted by Crippen LogP contribution is 2.32. The number of aromatic nitrogens is 3. The second-order valence-electron chi connectivity index (χ2n) is 6.26. The molecule has 0 saturated carbocycles. The van der Waals surface area contributed by atoms with E-state index < -0.39 is 0 Å². The van der Waals surface area contributed by atoms with Crippen molar-refractivity contribution in [2.24, 2.45) is 7.05 Å². The van der Waals surface area contributed by atoms with E-state index in [1.54, 1.807) is 11.8 Å². The summed E-state index contributed by atoms with van der Waals surface area (Å²) in [4.78, 5) is 14.3. The Morgan fingerprint density at radius 1 is 1.32 bits per heavy atom. The Morgan fingerprint density at radius 2 is 2.12 bits per heavy atom. The summed E-state index contributed by atoms with van der Waals surface area (Å²) in [7, 11) is 1.99.